The van der Waals surface area contributed by atoms with E-state index in [1.54, 1.807) is 0 Å². The first-order valence-electron chi connectivity index (χ1n) is 5.17. The molecule has 0 aliphatic carbocycles. The van der Waals surface area contributed by atoms with Gasteiger partial charge in [0.05, 0.1) is 11.1 Å². The number of benzene rings is 1. The summed E-state index contributed by atoms with van der Waals surface area (Å²) >= 11 is 1.12. The van der Waals surface area contributed by atoms with Crippen LogP contribution in [0.15, 0.2) is 46.5 Å². The number of carbonyl (C=O) groups is 1. The molecule has 2 aromatic rings. The van der Waals surface area contributed by atoms with Gasteiger partial charge in [-0.1, -0.05) is 11.8 Å². The van der Waals surface area contributed by atoms with Crippen LogP contribution in [0.1, 0.15) is 15.9 Å². The van der Waals surface area contributed by atoms with E-state index in [4.69, 9.17) is 10.4 Å². The van der Waals surface area contributed by atoms with Crippen LogP contribution in [0.5, 0.6) is 0 Å². The maximum atomic E-state index is 13.0. The molecule has 94 valence electrons. The smallest absolute Gasteiger partial charge is 0.335 e. The fourth-order valence-corrected chi connectivity index (χ4v) is 2.26. The first-order valence-corrected chi connectivity index (χ1v) is 5.98. The van der Waals surface area contributed by atoms with Crippen LogP contribution in [0.3, 0.4) is 0 Å². The molecule has 2 rings (SSSR count). The van der Waals surface area contributed by atoms with Crippen LogP contribution < -0.4 is 0 Å². The van der Waals surface area contributed by atoms with Crippen LogP contribution >= 0.6 is 11.8 Å². The zero-order chi connectivity index (χ0) is 13.8. The van der Waals surface area contributed by atoms with Crippen molar-refractivity contribution in [1.29, 1.82) is 5.26 Å². The second-order valence-electron chi connectivity index (χ2n) is 3.54. The second-order valence-corrected chi connectivity index (χ2v) is 4.60. The lowest BCUT2D eigenvalue weighted by molar-refractivity contribution is 0.0696. The Morgan fingerprint density at radius 3 is 2.84 bits per heavy atom. The molecule has 0 saturated carbocycles. The van der Waals surface area contributed by atoms with Crippen LogP contribution in [0.2, 0.25) is 0 Å². The predicted molar refractivity (Wildman–Crippen MR) is 66.4 cm³/mol. The number of nitrogens with zero attached hydrogens (tertiary/aromatic N) is 2. The first kappa shape index (κ1) is 13.1. The highest BCUT2D eigenvalue weighted by atomic mass is 32.2. The SMILES string of the molecule is N#Cc1cc(F)ccc1Sc1cc(C(=O)O)ccn1. The highest BCUT2D eigenvalue weighted by molar-refractivity contribution is 7.99. The zero-order valence-electron chi connectivity index (χ0n) is 9.50. The molecule has 0 fully saturated rings. The molecule has 0 amide bonds. The quantitative estimate of drug-likeness (QED) is 0.931. The van der Waals surface area contributed by atoms with E-state index in [2.05, 4.69) is 4.98 Å². The molecular weight excluding hydrogens is 267 g/mol. The number of pyridine rings is 1. The third-order valence-electron chi connectivity index (χ3n) is 2.26. The number of carboxylic acid groups (broad SMARTS) is 1. The summed E-state index contributed by atoms with van der Waals surface area (Å²) in [5, 5.41) is 18.2. The summed E-state index contributed by atoms with van der Waals surface area (Å²) in [6, 6.07) is 8.50. The van der Waals surface area contributed by atoms with Gasteiger partial charge in [0, 0.05) is 11.1 Å². The van der Waals surface area contributed by atoms with E-state index < -0.39 is 11.8 Å². The normalized spacial score (nSPS) is 9.89. The van der Waals surface area contributed by atoms with Crippen molar-refractivity contribution in [3.05, 3.63) is 53.5 Å². The van der Waals surface area contributed by atoms with Crippen molar-refractivity contribution in [2.24, 2.45) is 0 Å². The monoisotopic (exact) mass is 274 g/mol. The molecule has 1 aromatic heterocycles. The molecule has 0 aliphatic heterocycles. The molecule has 0 spiro atoms. The topological polar surface area (TPSA) is 74.0 Å². The largest absolute Gasteiger partial charge is 0.478 e. The van der Waals surface area contributed by atoms with Crippen molar-refractivity contribution in [3.8, 4) is 6.07 Å². The van der Waals surface area contributed by atoms with Gasteiger partial charge in [0.2, 0.25) is 0 Å². The Hall–Kier alpha value is -2.39. The van der Waals surface area contributed by atoms with Gasteiger partial charge in [-0.2, -0.15) is 5.26 Å². The van der Waals surface area contributed by atoms with Crippen LogP contribution in [-0.4, -0.2) is 16.1 Å². The van der Waals surface area contributed by atoms with E-state index in [0.717, 1.165) is 17.8 Å². The van der Waals surface area contributed by atoms with Gasteiger partial charge in [0.15, 0.2) is 0 Å². The Morgan fingerprint density at radius 2 is 2.16 bits per heavy atom. The molecule has 0 atom stereocenters. The lowest BCUT2D eigenvalue weighted by Crippen LogP contribution is -1.96. The highest BCUT2D eigenvalue weighted by Crippen LogP contribution is 2.29. The maximum Gasteiger partial charge on any atom is 0.335 e. The lowest BCUT2D eigenvalue weighted by Gasteiger charge is -2.04. The maximum absolute atomic E-state index is 13.0. The molecule has 0 radical (unpaired) electrons. The van der Waals surface area contributed by atoms with E-state index in [9.17, 15) is 9.18 Å². The number of carboxylic acids is 1. The Labute approximate surface area is 112 Å². The minimum atomic E-state index is -1.05. The fourth-order valence-electron chi connectivity index (χ4n) is 1.39. The van der Waals surface area contributed by atoms with Crippen molar-refractivity contribution >= 4 is 17.7 Å². The molecule has 4 nitrogen and oxygen atoms in total. The van der Waals surface area contributed by atoms with Gasteiger partial charge in [-0.05, 0) is 30.3 Å². The summed E-state index contributed by atoms with van der Waals surface area (Å²) in [6.45, 7) is 0. The minimum Gasteiger partial charge on any atom is -0.478 e. The number of aromatic nitrogens is 1. The van der Waals surface area contributed by atoms with Crippen molar-refractivity contribution in [2.45, 2.75) is 9.92 Å². The third kappa shape index (κ3) is 3.09. The number of hydrogen-bond donors (Lipinski definition) is 1. The lowest BCUT2D eigenvalue weighted by atomic mass is 10.2. The predicted octanol–water partition coefficient (Wildman–Crippen LogP) is 2.94. The molecule has 0 bridgehead atoms. The molecule has 0 saturated heterocycles. The Bertz CT molecular complexity index is 683. The Balaban J connectivity index is 2.34. The summed E-state index contributed by atoms with van der Waals surface area (Å²) < 4.78 is 13.0. The molecule has 1 aromatic carbocycles. The minimum absolute atomic E-state index is 0.109. The van der Waals surface area contributed by atoms with E-state index >= 15 is 0 Å². The highest BCUT2D eigenvalue weighted by Gasteiger charge is 2.09. The molecule has 0 unspecified atom stereocenters. The molecular formula is C13H7FN2O2S. The standard InChI is InChI=1S/C13H7FN2O2S/c14-10-1-2-11(9(5-10)7-15)19-12-6-8(13(17)18)3-4-16-12/h1-6H,(H,17,18). The molecule has 0 aliphatic rings. The number of halogens is 1. The van der Waals surface area contributed by atoms with Crippen molar-refractivity contribution in [3.63, 3.8) is 0 Å². The van der Waals surface area contributed by atoms with Gasteiger partial charge in [-0.15, -0.1) is 0 Å². The zero-order valence-corrected chi connectivity index (χ0v) is 10.3. The summed E-state index contributed by atoms with van der Waals surface area (Å²) in [6.07, 6.45) is 1.38. The van der Waals surface area contributed by atoms with Crippen molar-refractivity contribution in [1.82, 2.24) is 4.98 Å². The van der Waals surface area contributed by atoms with E-state index in [1.165, 1.54) is 30.5 Å². The number of nitriles is 1. The van der Waals surface area contributed by atoms with Crippen LogP contribution in [0, 0.1) is 17.1 Å². The molecule has 6 heteroatoms. The van der Waals surface area contributed by atoms with Gasteiger partial charge in [0.25, 0.3) is 0 Å². The first-order chi connectivity index (χ1) is 9.10. The van der Waals surface area contributed by atoms with Crippen LogP contribution in [-0.2, 0) is 0 Å². The number of hydrogen-bond acceptors (Lipinski definition) is 4. The Kier molecular flexibility index (Phi) is 3.78. The summed E-state index contributed by atoms with van der Waals surface area (Å²) in [5.74, 6) is -1.54. The number of rotatable bonds is 3. The summed E-state index contributed by atoms with van der Waals surface area (Å²) in [4.78, 5) is 15.4. The van der Waals surface area contributed by atoms with E-state index in [1.807, 2.05) is 6.07 Å². The van der Waals surface area contributed by atoms with Gasteiger partial charge in [-0.25, -0.2) is 14.2 Å². The third-order valence-corrected chi connectivity index (χ3v) is 3.27. The molecule has 1 heterocycles. The van der Waals surface area contributed by atoms with Gasteiger partial charge >= 0.3 is 5.97 Å². The average Bonchev–Trinajstić information content (AvgIpc) is 2.41. The van der Waals surface area contributed by atoms with Crippen LogP contribution in [0.4, 0.5) is 4.39 Å². The molecule has 19 heavy (non-hydrogen) atoms. The molecule has 1 N–H and O–H groups in total. The Morgan fingerprint density at radius 1 is 1.37 bits per heavy atom. The van der Waals surface area contributed by atoms with Gasteiger partial charge < -0.3 is 5.11 Å². The van der Waals surface area contributed by atoms with E-state index in [0.29, 0.717) is 9.92 Å². The van der Waals surface area contributed by atoms with Gasteiger partial charge in [-0.3, -0.25) is 0 Å². The van der Waals surface area contributed by atoms with E-state index in [-0.39, 0.29) is 11.1 Å². The van der Waals surface area contributed by atoms with Crippen molar-refractivity contribution < 1.29 is 14.3 Å². The number of aromatic carboxylic acids is 1. The van der Waals surface area contributed by atoms with Crippen LogP contribution in [0.25, 0.3) is 0 Å². The summed E-state index contributed by atoms with van der Waals surface area (Å²) in [5.41, 5.74) is 0.297. The average molecular weight is 274 g/mol. The summed E-state index contributed by atoms with van der Waals surface area (Å²) in [7, 11) is 0. The van der Waals surface area contributed by atoms with Gasteiger partial charge in [0.1, 0.15) is 16.9 Å². The van der Waals surface area contributed by atoms with Crippen molar-refractivity contribution in [2.75, 3.05) is 0 Å². The fraction of sp³-hybridized carbons (Fsp3) is 0. The second kappa shape index (κ2) is 5.50.